The number of carbonyl (C=O) groups excluding carboxylic acids is 1. The van der Waals surface area contributed by atoms with E-state index in [0.29, 0.717) is 18.0 Å². The molecule has 0 aliphatic heterocycles. The molecule has 1 aromatic carbocycles. The average Bonchev–Trinajstić information content (AvgIpc) is 3.20. The molecule has 0 radical (unpaired) electrons. The van der Waals surface area contributed by atoms with Gasteiger partial charge in [0.15, 0.2) is 0 Å². The van der Waals surface area contributed by atoms with E-state index in [1.54, 1.807) is 17.1 Å². The maximum Gasteiger partial charge on any atom is 0.254 e. The van der Waals surface area contributed by atoms with Crippen LogP contribution in [0.15, 0.2) is 41.1 Å². The minimum atomic E-state index is -0.112. The number of benzene rings is 1. The number of nitrogens with two attached hydrogens (primary N) is 1. The first-order valence-electron chi connectivity index (χ1n) is 6.99. The van der Waals surface area contributed by atoms with Gasteiger partial charge >= 0.3 is 0 Å². The molecule has 1 fully saturated rings. The van der Waals surface area contributed by atoms with Crippen molar-refractivity contribution in [1.82, 2.24) is 15.1 Å². The van der Waals surface area contributed by atoms with Crippen molar-refractivity contribution < 1.29 is 4.79 Å². The van der Waals surface area contributed by atoms with Crippen molar-refractivity contribution in [3.63, 3.8) is 0 Å². The minimum Gasteiger partial charge on any atom is -0.348 e. The Labute approximate surface area is 143 Å². The molecule has 2 aromatic rings. The predicted molar refractivity (Wildman–Crippen MR) is 91.5 cm³/mol. The van der Waals surface area contributed by atoms with Crippen LogP contribution in [0.5, 0.6) is 0 Å². The van der Waals surface area contributed by atoms with E-state index in [1.807, 2.05) is 24.3 Å². The van der Waals surface area contributed by atoms with Crippen molar-refractivity contribution in [3.8, 4) is 5.69 Å². The van der Waals surface area contributed by atoms with Gasteiger partial charge in [-0.15, -0.1) is 12.4 Å². The van der Waals surface area contributed by atoms with Gasteiger partial charge in [0.25, 0.3) is 5.91 Å². The highest BCUT2D eigenvalue weighted by molar-refractivity contribution is 9.10. The highest BCUT2D eigenvalue weighted by Crippen LogP contribution is 2.32. The quantitative estimate of drug-likeness (QED) is 0.830. The molecular formula is C15H18BrClN4O. The van der Waals surface area contributed by atoms with Gasteiger partial charge in [0, 0.05) is 23.3 Å². The second-order valence-electron chi connectivity index (χ2n) is 5.31. The van der Waals surface area contributed by atoms with Crippen molar-refractivity contribution >= 4 is 34.2 Å². The molecule has 1 heterocycles. The lowest BCUT2D eigenvalue weighted by atomic mass is 10.2. The van der Waals surface area contributed by atoms with Crippen molar-refractivity contribution in [2.24, 2.45) is 11.7 Å². The Balaban J connectivity index is 0.00000176. The third-order valence-corrected chi connectivity index (χ3v) is 4.17. The molecular weight excluding hydrogens is 368 g/mol. The van der Waals surface area contributed by atoms with E-state index >= 15 is 0 Å². The Kier molecular flexibility index (Phi) is 5.61. The van der Waals surface area contributed by atoms with E-state index < -0.39 is 0 Å². The first-order chi connectivity index (χ1) is 10.2. The van der Waals surface area contributed by atoms with Gasteiger partial charge in [-0.05, 0) is 37.0 Å². The van der Waals surface area contributed by atoms with Gasteiger partial charge in [-0.1, -0.05) is 22.0 Å². The number of amides is 1. The van der Waals surface area contributed by atoms with Crippen molar-refractivity contribution in [3.05, 3.63) is 46.7 Å². The summed E-state index contributed by atoms with van der Waals surface area (Å²) in [4.78, 5) is 12.2. The van der Waals surface area contributed by atoms with Crippen LogP contribution >= 0.6 is 28.3 Å². The molecule has 0 bridgehead atoms. The van der Waals surface area contributed by atoms with Crippen LogP contribution in [0.3, 0.4) is 0 Å². The second kappa shape index (κ2) is 7.26. The Morgan fingerprint density at radius 1 is 1.50 bits per heavy atom. The van der Waals surface area contributed by atoms with Crippen LogP contribution in [0.4, 0.5) is 0 Å². The predicted octanol–water partition coefficient (Wildman–Crippen LogP) is 2.52. The molecule has 1 amide bonds. The van der Waals surface area contributed by atoms with Gasteiger partial charge in [0.2, 0.25) is 0 Å². The zero-order valence-electron chi connectivity index (χ0n) is 11.9. The van der Waals surface area contributed by atoms with Gasteiger partial charge in [-0.25, -0.2) is 4.68 Å². The third kappa shape index (κ3) is 3.88. The fourth-order valence-electron chi connectivity index (χ4n) is 2.32. The normalized spacial score (nSPS) is 15.0. The number of hydrogen-bond donors (Lipinski definition) is 2. The first kappa shape index (κ1) is 17.0. The third-order valence-electron chi connectivity index (χ3n) is 3.68. The summed E-state index contributed by atoms with van der Waals surface area (Å²) in [6, 6.07) is 7.83. The van der Waals surface area contributed by atoms with E-state index in [2.05, 4.69) is 26.3 Å². The van der Waals surface area contributed by atoms with Crippen LogP contribution in [0.25, 0.3) is 5.69 Å². The number of aromatic nitrogens is 2. The highest BCUT2D eigenvalue weighted by atomic mass is 79.9. The standard InChI is InChI=1S/C15H17BrN4O.ClH/c16-12-2-1-3-13(6-12)20-9-11(8-18-20)15(21)19-14(7-17)10-4-5-10;/h1-3,6,8-10,14H,4-5,7,17H2,(H,19,21);1H. The topological polar surface area (TPSA) is 72.9 Å². The van der Waals surface area contributed by atoms with E-state index in [4.69, 9.17) is 5.73 Å². The first-order valence-corrected chi connectivity index (χ1v) is 7.78. The van der Waals surface area contributed by atoms with Crippen LogP contribution < -0.4 is 11.1 Å². The van der Waals surface area contributed by atoms with Crippen LogP contribution in [0.2, 0.25) is 0 Å². The molecule has 1 aromatic heterocycles. The molecule has 3 N–H and O–H groups in total. The van der Waals surface area contributed by atoms with Crippen LogP contribution in [0, 0.1) is 5.92 Å². The molecule has 1 aliphatic carbocycles. The van der Waals surface area contributed by atoms with Gasteiger partial charge in [-0.2, -0.15) is 5.10 Å². The van der Waals surface area contributed by atoms with Crippen molar-refractivity contribution in [1.29, 1.82) is 0 Å². The fraction of sp³-hybridized carbons (Fsp3) is 0.333. The SMILES string of the molecule is Cl.NCC(NC(=O)c1cnn(-c2cccc(Br)c2)c1)C1CC1. The summed E-state index contributed by atoms with van der Waals surface area (Å²) in [7, 11) is 0. The van der Waals surface area contributed by atoms with E-state index in [-0.39, 0.29) is 24.4 Å². The molecule has 7 heteroatoms. The highest BCUT2D eigenvalue weighted by Gasteiger charge is 2.31. The second-order valence-corrected chi connectivity index (χ2v) is 6.22. The molecule has 0 spiro atoms. The summed E-state index contributed by atoms with van der Waals surface area (Å²) in [6.45, 7) is 0.482. The van der Waals surface area contributed by atoms with E-state index in [9.17, 15) is 4.79 Å². The van der Waals surface area contributed by atoms with E-state index in [0.717, 1.165) is 23.0 Å². The van der Waals surface area contributed by atoms with E-state index in [1.165, 1.54) is 0 Å². The molecule has 1 saturated carbocycles. The molecule has 1 aliphatic rings. The van der Waals surface area contributed by atoms with Crippen molar-refractivity contribution in [2.75, 3.05) is 6.54 Å². The maximum atomic E-state index is 12.2. The number of hydrogen-bond acceptors (Lipinski definition) is 3. The number of halogens is 2. The molecule has 1 unspecified atom stereocenters. The smallest absolute Gasteiger partial charge is 0.254 e. The monoisotopic (exact) mass is 384 g/mol. The average molecular weight is 386 g/mol. The van der Waals surface area contributed by atoms with Gasteiger partial charge < -0.3 is 11.1 Å². The summed E-state index contributed by atoms with van der Waals surface area (Å²) < 4.78 is 2.66. The van der Waals surface area contributed by atoms with Crippen molar-refractivity contribution in [2.45, 2.75) is 18.9 Å². The molecule has 1 atom stereocenters. The van der Waals surface area contributed by atoms with Crippen LogP contribution in [-0.2, 0) is 0 Å². The molecule has 0 saturated heterocycles. The Morgan fingerprint density at radius 3 is 2.91 bits per heavy atom. The Hall–Kier alpha value is -1.37. The zero-order valence-corrected chi connectivity index (χ0v) is 14.3. The summed E-state index contributed by atoms with van der Waals surface area (Å²) in [5.74, 6) is 0.428. The number of carbonyl (C=O) groups is 1. The lowest BCUT2D eigenvalue weighted by Crippen LogP contribution is -2.41. The number of rotatable bonds is 5. The van der Waals surface area contributed by atoms with Crippen LogP contribution in [0.1, 0.15) is 23.2 Å². The summed E-state index contributed by atoms with van der Waals surface area (Å²) >= 11 is 3.43. The lowest BCUT2D eigenvalue weighted by molar-refractivity contribution is 0.0933. The van der Waals surface area contributed by atoms with Gasteiger partial charge in [0.1, 0.15) is 0 Å². The van der Waals surface area contributed by atoms with Gasteiger partial charge in [-0.3, -0.25) is 4.79 Å². The summed E-state index contributed by atoms with van der Waals surface area (Å²) in [5.41, 5.74) is 7.17. The van der Waals surface area contributed by atoms with Gasteiger partial charge in [0.05, 0.1) is 17.4 Å². The Morgan fingerprint density at radius 2 is 2.27 bits per heavy atom. The zero-order chi connectivity index (χ0) is 14.8. The fourth-order valence-corrected chi connectivity index (χ4v) is 2.71. The summed E-state index contributed by atoms with van der Waals surface area (Å²) in [5, 5.41) is 7.24. The maximum absolute atomic E-state index is 12.2. The minimum absolute atomic E-state index is 0. The number of nitrogens with zero attached hydrogens (tertiary/aromatic N) is 2. The summed E-state index contributed by atoms with van der Waals surface area (Å²) in [6.07, 6.45) is 5.62. The molecule has 118 valence electrons. The molecule has 3 rings (SSSR count). The lowest BCUT2D eigenvalue weighted by Gasteiger charge is -2.15. The molecule has 22 heavy (non-hydrogen) atoms. The van der Waals surface area contributed by atoms with Crippen LogP contribution in [-0.4, -0.2) is 28.3 Å². The molecule has 5 nitrogen and oxygen atoms in total. The largest absolute Gasteiger partial charge is 0.348 e. The number of nitrogens with one attached hydrogen (secondary N) is 1. The Bertz CT molecular complexity index is 656.